The third-order valence-corrected chi connectivity index (χ3v) is 6.58. The molecule has 33 heavy (non-hydrogen) atoms. The molecule has 1 aliphatic heterocycles. The number of nitrogens with one attached hydrogen (secondary N) is 1. The minimum Gasteiger partial charge on any atom is -0.497 e. The molecule has 4 aromatic rings. The molecular formula is C28H28ClN3O. The topological polar surface area (TPSA) is 37.4 Å². The minimum atomic E-state index is -0.0543. The molecule has 1 aromatic heterocycles. The average Bonchev–Trinajstić information content (AvgIpc) is 3.36. The van der Waals surface area contributed by atoms with Crippen molar-refractivity contribution in [1.29, 1.82) is 0 Å². The van der Waals surface area contributed by atoms with Gasteiger partial charge in [-0.15, -0.1) is 0 Å². The van der Waals surface area contributed by atoms with Crippen LogP contribution in [-0.2, 0) is 6.54 Å². The number of likely N-dealkylation sites (tertiary alicyclic amines) is 1. The number of methoxy groups -OCH3 is 1. The van der Waals surface area contributed by atoms with E-state index in [0.29, 0.717) is 0 Å². The molecule has 1 atom stereocenters. The van der Waals surface area contributed by atoms with Crippen molar-refractivity contribution in [1.82, 2.24) is 9.88 Å². The molecule has 5 heteroatoms. The van der Waals surface area contributed by atoms with Gasteiger partial charge in [0.2, 0.25) is 0 Å². The lowest BCUT2D eigenvalue weighted by molar-refractivity contribution is 0.331. The second kappa shape index (κ2) is 9.82. The van der Waals surface area contributed by atoms with Gasteiger partial charge in [-0.1, -0.05) is 48.0 Å². The number of fused-ring (bicyclic) bond motifs is 1. The van der Waals surface area contributed by atoms with Crippen molar-refractivity contribution in [2.75, 3.05) is 25.5 Å². The van der Waals surface area contributed by atoms with Gasteiger partial charge in [0.1, 0.15) is 5.75 Å². The van der Waals surface area contributed by atoms with Gasteiger partial charge in [-0.05, 0) is 79.0 Å². The van der Waals surface area contributed by atoms with Crippen molar-refractivity contribution in [3.05, 3.63) is 101 Å². The lowest BCUT2D eigenvalue weighted by Gasteiger charge is -2.23. The lowest BCUT2D eigenvalue weighted by Crippen LogP contribution is -2.18. The zero-order valence-corrected chi connectivity index (χ0v) is 19.6. The van der Waals surface area contributed by atoms with Crippen molar-refractivity contribution in [3.63, 3.8) is 0 Å². The Morgan fingerprint density at radius 2 is 1.79 bits per heavy atom. The summed E-state index contributed by atoms with van der Waals surface area (Å²) in [6.07, 6.45) is 4.46. The number of halogens is 1. The van der Waals surface area contributed by atoms with Crippen molar-refractivity contribution >= 4 is 28.2 Å². The van der Waals surface area contributed by atoms with E-state index in [1.165, 1.54) is 37.1 Å². The number of pyridine rings is 1. The lowest BCUT2D eigenvalue weighted by atomic mass is 9.97. The highest BCUT2D eigenvalue weighted by Gasteiger charge is 2.17. The highest BCUT2D eigenvalue weighted by molar-refractivity contribution is 6.30. The molecule has 1 fully saturated rings. The van der Waals surface area contributed by atoms with Crippen LogP contribution in [-0.4, -0.2) is 30.1 Å². The van der Waals surface area contributed by atoms with Gasteiger partial charge in [0.25, 0.3) is 0 Å². The summed E-state index contributed by atoms with van der Waals surface area (Å²) in [4.78, 5) is 7.05. The van der Waals surface area contributed by atoms with E-state index in [-0.39, 0.29) is 6.04 Å². The second-order valence-corrected chi connectivity index (χ2v) is 9.04. The van der Waals surface area contributed by atoms with E-state index in [1.807, 2.05) is 48.7 Å². The third-order valence-electron chi connectivity index (χ3n) is 6.35. The van der Waals surface area contributed by atoms with Crippen LogP contribution in [0.1, 0.15) is 35.6 Å². The van der Waals surface area contributed by atoms with Crippen molar-refractivity contribution in [2.45, 2.75) is 25.4 Å². The fourth-order valence-corrected chi connectivity index (χ4v) is 4.79. The molecule has 1 unspecified atom stereocenters. The van der Waals surface area contributed by atoms with Crippen LogP contribution in [0.15, 0.2) is 79.0 Å². The Labute approximate surface area is 200 Å². The van der Waals surface area contributed by atoms with Gasteiger partial charge in [-0.3, -0.25) is 9.88 Å². The average molecular weight is 458 g/mol. The fourth-order valence-electron chi connectivity index (χ4n) is 4.59. The summed E-state index contributed by atoms with van der Waals surface area (Å²) in [5, 5.41) is 5.51. The number of aromatic nitrogens is 1. The van der Waals surface area contributed by atoms with E-state index < -0.39 is 0 Å². The number of anilines is 1. The van der Waals surface area contributed by atoms with Crippen molar-refractivity contribution < 1.29 is 4.74 Å². The summed E-state index contributed by atoms with van der Waals surface area (Å²) >= 11 is 6.37. The first-order chi connectivity index (χ1) is 16.2. The number of nitrogens with zero attached hydrogens (tertiary/aromatic N) is 2. The molecule has 0 bridgehead atoms. The van der Waals surface area contributed by atoms with Gasteiger partial charge in [-0.25, -0.2) is 0 Å². The Morgan fingerprint density at radius 1 is 0.970 bits per heavy atom. The fraction of sp³-hybridized carbons (Fsp3) is 0.250. The first-order valence-corrected chi connectivity index (χ1v) is 11.8. The Bertz CT molecular complexity index is 1240. The molecule has 4 nitrogen and oxygen atoms in total. The van der Waals surface area contributed by atoms with Crippen LogP contribution in [0.4, 0.5) is 5.69 Å². The maximum absolute atomic E-state index is 6.37. The van der Waals surface area contributed by atoms with Gasteiger partial charge in [-0.2, -0.15) is 0 Å². The smallest absolute Gasteiger partial charge is 0.119 e. The molecular weight excluding hydrogens is 430 g/mol. The van der Waals surface area contributed by atoms with Crippen LogP contribution < -0.4 is 10.1 Å². The van der Waals surface area contributed by atoms with Crippen LogP contribution in [0.3, 0.4) is 0 Å². The van der Waals surface area contributed by atoms with Crippen LogP contribution >= 0.6 is 11.6 Å². The molecule has 0 radical (unpaired) electrons. The quantitative estimate of drug-likeness (QED) is 0.335. The number of hydrogen-bond acceptors (Lipinski definition) is 4. The Hall–Kier alpha value is -3.08. The van der Waals surface area contributed by atoms with Crippen molar-refractivity contribution in [3.8, 4) is 5.75 Å². The first-order valence-electron chi connectivity index (χ1n) is 11.5. The summed E-state index contributed by atoms with van der Waals surface area (Å²) in [7, 11) is 1.68. The van der Waals surface area contributed by atoms with Crippen LogP contribution in [0.2, 0.25) is 5.02 Å². The normalized spacial score (nSPS) is 15.0. The second-order valence-electron chi connectivity index (χ2n) is 8.60. The van der Waals surface area contributed by atoms with E-state index in [2.05, 4.69) is 45.5 Å². The predicted molar refractivity (Wildman–Crippen MR) is 136 cm³/mol. The monoisotopic (exact) mass is 457 g/mol. The zero-order valence-electron chi connectivity index (χ0n) is 18.8. The predicted octanol–water partition coefficient (Wildman–Crippen LogP) is 6.69. The number of benzene rings is 3. The van der Waals surface area contributed by atoms with Crippen LogP contribution in [0.5, 0.6) is 5.75 Å². The molecule has 0 amide bonds. The van der Waals surface area contributed by atoms with E-state index >= 15 is 0 Å². The van der Waals surface area contributed by atoms with Gasteiger partial charge < -0.3 is 10.1 Å². The number of ether oxygens (including phenoxy) is 1. The zero-order chi connectivity index (χ0) is 22.6. The Balaban J connectivity index is 1.50. The highest BCUT2D eigenvalue weighted by Crippen LogP contribution is 2.33. The number of rotatable bonds is 7. The van der Waals surface area contributed by atoms with E-state index in [9.17, 15) is 0 Å². The standard InChI is InChI=1S/C28H28ClN3O/c1-33-24-11-12-26-25(18-24)27(13-14-30-26)31-28(22-5-4-6-23(29)17-22)21-9-7-20(8-10-21)19-32-15-2-3-16-32/h4-14,17-18,28H,2-3,15-16,19H2,1H3,(H,30,31). The molecule has 3 aromatic carbocycles. The number of hydrogen-bond donors (Lipinski definition) is 1. The van der Waals surface area contributed by atoms with Crippen LogP contribution in [0, 0.1) is 0 Å². The summed E-state index contributed by atoms with van der Waals surface area (Å²) in [6.45, 7) is 3.42. The largest absolute Gasteiger partial charge is 0.497 e. The molecule has 0 spiro atoms. The summed E-state index contributed by atoms with van der Waals surface area (Å²) < 4.78 is 5.46. The van der Waals surface area contributed by atoms with E-state index in [4.69, 9.17) is 16.3 Å². The van der Waals surface area contributed by atoms with E-state index in [1.54, 1.807) is 7.11 Å². The molecule has 1 saturated heterocycles. The Kier molecular flexibility index (Phi) is 6.47. The molecule has 168 valence electrons. The highest BCUT2D eigenvalue weighted by atomic mass is 35.5. The third kappa shape index (κ3) is 4.97. The molecule has 2 heterocycles. The molecule has 1 aliphatic rings. The van der Waals surface area contributed by atoms with Gasteiger partial charge in [0.05, 0.1) is 18.7 Å². The molecule has 1 N–H and O–H groups in total. The molecule has 0 saturated carbocycles. The maximum Gasteiger partial charge on any atom is 0.119 e. The van der Waals surface area contributed by atoms with E-state index in [0.717, 1.165) is 39.5 Å². The minimum absolute atomic E-state index is 0.0543. The Morgan fingerprint density at radius 3 is 2.55 bits per heavy atom. The first kappa shape index (κ1) is 21.7. The van der Waals surface area contributed by atoms with Gasteiger partial charge >= 0.3 is 0 Å². The SMILES string of the molecule is COc1ccc2nccc(NC(c3ccc(CN4CCCC4)cc3)c3cccc(Cl)c3)c2c1. The van der Waals surface area contributed by atoms with Gasteiger partial charge in [0, 0.05) is 28.8 Å². The maximum atomic E-state index is 6.37. The van der Waals surface area contributed by atoms with Gasteiger partial charge in [0.15, 0.2) is 0 Å². The van der Waals surface area contributed by atoms with Crippen molar-refractivity contribution in [2.24, 2.45) is 0 Å². The summed E-state index contributed by atoms with van der Waals surface area (Å²) in [5.74, 6) is 0.809. The molecule has 5 rings (SSSR count). The molecule has 0 aliphatic carbocycles. The summed E-state index contributed by atoms with van der Waals surface area (Å²) in [5.41, 5.74) is 5.58. The van der Waals surface area contributed by atoms with Crippen LogP contribution in [0.25, 0.3) is 10.9 Å². The summed E-state index contributed by atoms with van der Waals surface area (Å²) in [6, 6.07) is 24.9.